The predicted molar refractivity (Wildman–Crippen MR) is 181 cm³/mol. The fourth-order valence-corrected chi connectivity index (χ4v) is 11.1. The Balaban J connectivity index is 1.02. The first kappa shape index (κ1) is 36.4. The fourth-order valence-electron chi connectivity index (χ4n) is 9.65. The van der Waals surface area contributed by atoms with Crippen molar-refractivity contribution in [2.24, 2.45) is 17.3 Å². The van der Waals surface area contributed by atoms with Crippen molar-refractivity contribution < 1.29 is 39.8 Å². The van der Waals surface area contributed by atoms with Crippen molar-refractivity contribution in [2.45, 2.75) is 133 Å². The molecule has 49 heavy (non-hydrogen) atoms. The number of benzene rings is 2. The SMILES string of the molecule is C[C@@]12CCC[C@H]1[C@@H]1CCc3cc(OC4CCCC4)ccc3[C@H]1[C@@H](c1ccc(OCCCCCS(=O)(=O)CCCC(F)(F)C(F)(F)F)cc1)C2. The number of unbranched alkanes of at least 4 members (excludes halogenated alkanes) is 2. The Kier molecular flexibility index (Phi) is 10.9. The maximum absolute atomic E-state index is 13.1. The molecule has 272 valence electrons. The molecule has 0 saturated heterocycles. The molecule has 0 bridgehead atoms. The van der Waals surface area contributed by atoms with Gasteiger partial charge >= 0.3 is 12.1 Å². The fraction of sp³-hybridized carbons (Fsp3) is 0.692. The van der Waals surface area contributed by atoms with E-state index in [-0.39, 0.29) is 5.75 Å². The van der Waals surface area contributed by atoms with Gasteiger partial charge in [-0.2, -0.15) is 22.0 Å². The van der Waals surface area contributed by atoms with Gasteiger partial charge in [0.25, 0.3) is 0 Å². The molecule has 5 atom stereocenters. The van der Waals surface area contributed by atoms with E-state index in [1.165, 1.54) is 61.6 Å². The lowest BCUT2D eigenvalue weighted by Crippen LogP contribution is -2.43. The van der Waals surface area contributed by atoms with Crippen LogP contribution in [0, 0.1) is 17.3 Å². The molecule has 0 radical (unpaired) electrons. The van der Waals surface area contributed by atoms with Crippen molar-refractivity contribution in [1.82, 2.24) is 0 Å². The van der Waals surface area contributed by atoms with Crippen molar-refractivity contribution in [3.63, 3.8) is 0 Å². The molecule has 0 aliphatic heterocycles. The van der Waals surface area contributed by atoms with Crippen LogP contribution < -0.4 is 9.47 Å². The maximum Gasteiger partial charge on any atom is 0.453 e. The van der Waals surface area contributed by atoms with Gasteiger partial charge in [-0.15, -0.1) is 0 Å². The zero-order valence-corrected chi connectivity index (χ0v) is 29.4. The molecule has 0 heterocycles. The second-order valence-electron chi connectivity index (χ2n) is 15.5. The van der Waals surface area contributed by atoms with E-state index < -0.39 is 40.5 Å². The van der Waals surface area contributed by atoms with Gasteiger partial charge in [-0.1, -0.05) is 31.5 Å². The quantitative estimate of drug-likeness (QED) is 0.145. The van der Waals surface area contributed by atoms with E-state index in [0.29, 0.717) is 55.1 Å². The van der Waals surface area contributed by atoms with Crippen LogP contribution in [0.2, 0.25) is 0 Å². The molecular formula is C39H51F5O4S. The second-order valence-corrected chi connectivity index (χ2v) is 17.8. The van der Waals surface area contributed by atoms with Crippen molar-refractivity contribution in [1.29, 1.82) is 0 Å². The van der Waals surface area contributed by atoms with Crippen LogP contribution in [0.3, 0.4) is 0 Å². The summed E-state index contributed by atoms with van der Waals surface area (Å²) in [7, 11) is -3.70. The maximum atomic E-state index is 13.1. The molecule has 0 aromatic heterocycles. The summed E-state index contributed by atoms with van der Waals surface area (Å²) in [6, 6.07) is 15.4. The van der Waals surface area contributed by atoms with Crippen molar-refractivity contribution in [3.05, 3.63) is 59.2 Å². The topological polar surface area (TPSA) is 52.6 Å². The number of alkyl halides is 5. The van der Waals surface area contributed by atoms with E-state index in [0.717, 1.165) is 36.7 Å². The summed E-state index contributed by atoms with van der Waals surface area (Å²) < 4.78 is 99.7. The van der Waals surface area contributed by atoms with Gasteiger partial charge in [0.15, 0.2) is 0 Å². The minimum atomic E-state index is -5.66. The van der Waals surface area contributed by atoms with Gasteiger partial charge in [-0.25, -0.2) is 8.42 Å². The normalized spacial score (nSPS) is 27.4. The number of sulfone groups is 1. The molecule has 0 N–H and O–H groups in total. The van der Waals surface area contributed by atoms with Gasteiger partial charge < -0.3 is 9.47 Å². The first-order valence-electron chi connectivity index (χ1n) is 18.4. The third kappa shape index (κ3) is 8.41. The van der Waals surface area contributed by atoms with E-state index in [4.69, 9.17) is 9.47 Å². The number of fused-ring (bicyclic) bond motifs is 5. The molecule has 4 aliphatic carbocycles. The van der Waals surface area contributed by atoms with Gasteiger partial charge in [-0.05, 0) is 154 Å². The molecule has 0 spiro atoms. The van der Waals surface area contributed by atoms with Crippen LogP contribution in [0.5, 0.6) is 11.5 Å². The summed E-state index contributed by atoms with van der Waals surface area (Å²) in [4.78, 5) is 0. The minimum Gasteiger partial charge on any atom is -0.494 e. The van der Waals surface area contributed by atoms with Gasteiger partial charge in [0.05, 0.1) is 24.2 Å². The van der Waals surface area contributed by atoms with Gasteiger partial charge in [-0.3, -0.25) is 0 Å². The number of hydrogen-bond donors (Lipinski definition) is 0. The number of hydrogen-bond acceptors (Lipinski definition) is 4. The number of aryl methyl sites for hydroxylation is 1. The van der Waals surface area contributed by atoms with Crippen molar-refractivity contribution in [2.75, 3.05) is 18.1 Å². The molecule has 4 aliphatic rings. The molecule has 10 heteroatoms. The molecular weight excluding hydrogens is 659 g/mol. The molecule has 2 aromatic rings. The van der Waals surface area contributed by atoms with Gasteiger partial charge in [0, 0.05) is 6.42 Å². The minimum absolute atomic E-state index is 0.236. The zero-order chi connectivity index (χ0) is 34.9. The monoisotopic (exact) mass is 710 g/mol. The van der Waals surface area contributed by atoms with E-state index in [9.17, 15) is 30.4 Å². The van der Waals surface area contributed by atoms with Gasteiger partial charge in [0.2, 0.25) is 0 Å². The first-order chi connectivity index (χ1) is 23.2. The van der Waals surface area contributed by atoms with Crippen LogP contribution in [-0.4, -0.2) is 44.7 Å². The first-order valence-corrected chi connectivity index (χ1v) is 20.2. The summed E-state index contributed by atoms with van der Waals surface area (Å²) in [5.74, 6) is -1.62. The number of halogens is 5. The summed E-state index contributed by atoms with van der Waals surface area (Å²) >= 11 is 0. The zero-order valence-electron chi connectivity index (χ0n) is 28.6. The number of rotatable bonds is 14. The predicted octanol–water partition coefficient (Wildman–Crippen LogP) is 10.6. The average molecular weight is 711 g/mol. The van der Waals surface area contributed by atoms with Crippen molar-refractivity contribution >= 4 is 9.84 Å². The lowest BCUT2D eigenvalue weighted by molar-refractivity contribution is -0.284. The molecule has 0 amide bonds. The lowest BCUT2D eigenvalue weighted by atomic mass is 9.51. The van der Waals surface area contributed by atoms with Crippen LogP contribution in [0.1, 0.15) is 125 Å². The Morgan fingerprint density at radius 1 is 0.837 bits per heavy atom. The second kappa shape index (κ2) is 14.7. The molecule has 6 rings (SSSR count). The average Bonchev–Trinajstić information content (AvgIpc) is 3.71. The van der Waals surface area contributed by atoms with Crippen LogP contribution in [0.15, 0.2) is 42.5 Å². The lowest BCUT2D eigenvalue weighted by Gasteiger charge is -2.53. The molecule has 3 fully saturated rings. The summed E-state index contributed by atoms with van der Waals surface area (Å²) in [6.07, 6.45) is 6.23. The Morgan fingerprint density at radius 2 is 1.55 bits per heavy atom. The summed E-state index contributed by atoms with van der Waals surface area (Å²) in [5, 5.41) is 0. The van der Waals surface area contributed by atoms with Crippen LogP contribution in [-0.2, 0) is 16.3 Å². The summed E-state index contributed by atoms with van der Waals surface area (Å²) in [6.45, 7) is 2.93. The van der Waals surface area contributed by atoms with Gasteiger partial charge in [0.1, 0.15) is 21.3 Å². The van der Waals surface area contributed by atoms with E-state index in [1.54, 1.807) is 0 Å². The van der Waals surface area contributed by atoms with Crippen molar-refractivity contribution in [3.8, 4) is 11.5 Å². The molecule has 0 unspecified atom stereocenters. The van der Waals surface area contributed by atoms with E-state index in [2.05, 4.69) is 37.3 Å². The van der Waals surface area contributed by atoms with Crippen LogP contribution >= 0.6 is 0 Å². The Morgan fingerprint density at radius 3 is 2.29 bits per heavy atom. The van der Waals surface area contributed by atoms with E-state index >= 15 is 0 Å². The molecule has 3 saturated carbocycles. The number of ether oxygens (including phenoxy) is 2. The highest BCUT2D eigenvalue weighted by molar-refractivity contribution is 7.91. The smallest absolute Gasteiger partial charge is 0.453 e. The van der Waals surface area contributed by atoms with Crippen LogP contribution in [0.4, 0.5) is 22.0 Å². The Bertz CT molecular complexity index is 1520. The van der Waals surface area contributed by atoms with E-state index in [1.807, 2.05) is 12.1 Å². The highest BCUT2D eigenvalue weighted by Crippen LogP contribution is 2.65. The van der Waals surface area contributed by atoms with Crippen LogP contribution in [0.25, 0.3) is 0 Å². The largest absolute Gasteiger partial charge is 0.494 e. The Labute approximate surface area is 288 Å². The third-order valence-corrected chi connectivity index (χ3v) is 13.9. The highest BCUT2D eigenvalue weighted by atomic mass is 32.2. The standard InChI is InChI=1S/C39H51F5O4S/c1-37-20-7-11-35(37)33-18-14-28-25-31(48-30-9-3-4-10-30)17-19-32(28)36(33)34(26-37)27-12-15-29(16-13-27)47-22-5-2-6-23-49(45,46)24-8-21-38(40,41)39(42,43)44/h12-13,15-17,19,25,30,33-36H,2-11,14,18,20-24,26H2,1H3/t33-,34+,35-,36+,37-/m0/s1. The molecule has 2 aromatic carbocycles. The molecule has 4 nitrogen and oxygen atoms in total. The third-order valence-electron chi connectivity index (χ3n) is 12.1. The highest BCUT2D eigenvalue weighted by Gasteiger charge is 2.57. The Hall–Kier alpha value is -2.36. The summed E-state index contributed by atoms with van der Waals surface area (Å²) in [5.41, 5.74) is 4.69.